The van der Waals surface area contributed by atoms with Crippen molar-refractivity contribution in [3.05, 3.63) is 56.4 Å². The maximum atomic E-state index is 12.1. The molecule has 1 atom stereocenters. The van der Waals surface area contributed by atoms with Gasteiger partial charge in [-0.3, -0.25) is 14.6 Å². The topological polar surface area (TPSA) is 113 Å². The molecule has 1 amide bonds. The molecule has 0 spiro atoms. The van der Waals surface area contributed by atoms with Crippen molar-refractivity contribution in [3.8, 4) is 11.5 Å². The molecular weight excluding hydrogens is 302 g/mol. The Morgan fingerprint density at radius 3 is 2.91 bits per heavy atom. The summed E-state index contributed by atoms with van der Waals surface area (Å²) < 4.78 is 10.9. The number of aromatic amines is 2. The SMILES string of the molecule is COc1cccc2c1OC[C@H](NC(=O)c1cc(=O)[nH]c(=O)[nH]1)C2. The maximum absolute atomic E-state index is 12.1. The molecule has 1 aromatic carbocycles. The van der Waals surface area contributed by atoms with Gasteiger partial charge in [0.05, 0.1) is 13.2 Å². The van der Waals surface area contributed by atoms with Crippen molar-refractivity contribution in [3.63, 3.8) is 0 Å². The van der Waals surface area contributed by atoms with E-state index in [1.165, 1.54) is 0 Å². The molecule has 1 aliphatic heterocycles. The van der Waals surface area contributed by atoms with E-state index >= 15 is 0 Å². The lowest BCUT2D eigenvalue weighted by Crippen LogP contribution is -2.43. The number of carbonyl (C=O) groups is 1. The van der Waals surface area contributed by atoms with E-state index in [1.54, 1.807) is 13.2 Å². The van der Waals surface area contributed by atoms with Crippen molar-refractivity contribution in [2.24, 2.45) is 0 Å². The number of para-hydroxylation sites is 1. The first-order valence-corrected chi connectivity index (χ1v) is 7.00. The van der Waals surface area contributed by atoms with Crippen LogP contribution in [0.5, 0.6) is 11.5 Å². The lowest BCUT2D eigenvalue weighted by Gasteiger charge is -2.27. The summed E-state index contributed by atoms with van der Waals surface area (Å²) in [6.07, 6.45) is 0.561. The Hall–Kier alpha value is -3.03. The number of rotatable bonds is 3. The molecule has 3 rings (SSSR count). The number of fused-ring (bicyclic) bond motifs is 1. The van der Waals surface area contributed by atoms with E-state index in [4.69, 9.17) is 9.47 Å². The molecule has 0 bridgehead atoms. The van der Waals surface area contributed by atoms with Crippen molar-refractivity contribution < 1.29 is 14.3 Å². The molecule has 0 saturated carbocycles. The van der Waals surface area contributed by atoms with E-state index in [1.807, 2.05) is 17.1 Å². The van der Waals surface area contributed by atoms with Crippen molar-refractivity contribution in [2.75, 3.05) is 13.7 Å². The fraction of sp³-hybridized carbons (Fsp3) is 0.267. The number of hydrogen-bond donors (Lipinski definition) is 3. The summed E-state index contributed by atoms with van der Waals surface area (Å²) in [6, 6.07) is 6.31. The second-order valence-electron chi connectivity index (χ2n) is 5.14. The van der Waals surface area contributed by atoms with Crippen LogP contribution in [0.4, 0.5) is 0 Å². The maximum Gasteiger partial charge on any atom is 0.326 e. The molecule has 3 N–H and O–H groups in total. The van der Waals surface area contributed by atoms with Crippen LogP contribution >= 0.6 is 0 Å². The Morgan fingerprint density at radius 1 is 1.35 bits per heavy atom. The van der Waals surface area contributed by atoms with Crippen LogP contribution < -0.4 is 26.0 Å². The number of methoxy groups -OCH3 is 1. The molecule has 0 aliphatic carbocycles. The monoisotopic (exact) mass is 317 g/mol. The van der Waals surface area contributed by atoms with Gasteiger partial charge in [-0.05, 0) is 12.5 Å². The predicted octanol–water partition coefficient (Wildman–Crippen LogP) is -0.195. The molecule has 0 saturated heterocycles. The number of amides is 1. The van der Waals surface area contributed by atoms with Gasteiger partial charge >= 0.3 is 5.69 Å². The molecule has 2 heterocycles. The first kappa shape index (κ1) is 14.9. The van der Waals surface area contributed by atoms with Crippen LogP contribution in [-0.2, 0) is 6.42 Å². The van der Waals surface area contributed by atoms with E-state index in [2.05, 4.69) is 10.3 Å². The molecule has 2 aromatic rings. The number of benzene rings is 1. The zero-order chi connectivity index (χ0) is 16.4. The van der Waals surface area contributed by atoms with Gasteiger partial charge in [-0.2, -0.15) is 0 Å². The zero-order valence-electron chi connectivity index (χ0n) is 12.3. The van der Waals surface area contributed by atoms with Crippen LogP contribution in [0.15, 0.2) is 33.9 Å². The Morgan fingerprint density at radius 2 is 2.17 bits per heavy atom. The van der Waals surface area contributed by atoms with Crippen molar-refractivity contribution >= 4 is 5.91 Å². The van der Waals surface area contributed by atoms with Crippen LogP contribution in [-0.4, -0.2) is 35.6 Å². The minimum atomic E-state index is -0.724. The summed E-state index contributed by atoms with van der Waals surface area (Å²) in [5, 5.41) is 2.74. The molecular formula is C15H15N3O5. The van der Waals surface area contributed by atoms with Gasteiger partial charge in [0, 0.05) is 11.6 Å². The number of ether oxygens (including phenoxy) is 2. The van der Waals surface area contributed by atoms with Gasteiger partial charge in [0.1, 0.15) is 12.3 Å². The highest BCUT2D eigenvalue weighted by Crippen LogP contribution is 2.34. The van der Waals surface area contributed by atoms with E-state index in [-0.39, 0.29) is 18.3 Å². The Bertz CT molecular complexity index is 826. The van der Waals surface area contributed by atoms with Crippen molar-refractivity contribution in [2.45, 2.75) is 12.5 Å². The number of carbonyl (C=O) groups excluding carboxylic acids is 1. The summed E-state index contributed by atoms with van der Waals surface area (Å²) in [4.78, 5) is 38.9. The standard InChI is InChI=1S/C15H15N3O5/c1-22-11-4-2-3-8-5-9(7-23-13(8)11)16-14(20)10-6-12(19)18-15(21)17-10/h2-4,6,9H,5,7H2,1H3,(H,16,20)(H2,17,18,19,21)/t9-/m1/s1. The van der Waals surface area contributed by atoms with Gasteiger partial charge in [-0.15, -0.1) is 0 Å². The number of nitrogens with one attached hydrogen (secondary N) is 3. The summed E-state index contributed by atoms with van der Waals surface area (Å²) >= 11 is 0. The van der Waals surface area contributed by atoms with Crippen LogP contribution in [0.2, 0.25) is 0 Å². The first-order valence-electron chi connectivity index (χ1n) is 7.00. The Balaban J connectivity index is 1.76. The predicted molar refractivity (Wildman–Crippen MR) is 81.1 cm³/mol. The molecule has 0 radical (unpaired) electrons. The second kappa shape index (κ2) is 5.99. The van der Waals surface area contributed by atoms with E-state index in [0.29, 0.717) is 17.9 Å². The van der Waals surface area contributed by atoms with Crippen LogP contribution in [0.25, 0.3) is 0 Å². The summed E-state index contributed by atoms with van der Waals surface area (Å²) in [6.45, 7) is 0.270. The molecule has 8 nitrogen and oxygen atoms in total. The third-order valence-corrected chi connectivity index (χ3v) is 3.52. The summed E-state index contributed by atoms with van der Waals surface area (Å²) in [5.74, 6) is 0.782. The highest BCUT2D eigenvalue weighted by molar-refractivity contribution is 5.92. The van der Waals surface area contributed by atoms with Gasteiger partial charge in [-0.1, -0.05) is 12.1 Å². The second-order valence-corrected chi connectivity index (χ2v) is 5.14. The van der Waals surface area contributed by atoms with Crippen molar-refractivity contribution in [1.82, 2.24) is 15.3 Å². The zero-order valence-corrected chi connectivity index (χ0v) is 12.3. The average molecular weight is 317 g/mol. The molecule has 1 aromatic heterocycles. The van der Waals surface area contributed by atoms with Crippen LogP contribution in [0, 0.1) is 0 Å². The molecule has 8 heteroatoms. The van der Waals surface area contributed by atoms with Crippen LogP contribution in [0.1, 0.15) is 16.1 Å². The first-order chi connectivity index (χ1) is 11.1. The molecule has 23 heavy (non-hydrogen) atoms. The van der Waals surface area contributed by atoms with Gasteiger partial charge in [0.15, 0.2) is 11.5 Å². The minimum Gasteiger partial charge on any atom is -0.493 e. The molecule has 120 valence electrons. The lowest BCUT2D eigenvalue weighted by molar-refractivity contribution is 0.0908. The quantitative estimate of drug-likeness (QED) is 0.726. The number of H-pyrrole nitrogens is 2. The van der Waals surface area contributed by atoms with Gasteiger partial charge in [0.2, 0.25) is 0 Å². The normalized spacial score (nSPS) is 16.1. The molecule has 0 unspecified atom stereocenters. The number of hydrogen-bond acceptors (Lipinski definition) is 5. The Kier molecular flexibility index (Phi) is 3.88. The van der Waals surface area contributed by atoms with E-state index < -0.39 is 17.2 Å². The Labute approximate surface area is 130 Å². The summed E-state index contributed by atoms with van der Waals surface area (Å²) in [5.41, 5.74) is -0.526. The van der Waals surface area contributed by atoms with Gasteiger partial charge in [-0.25, -0.2) is 4.79 Å². The van der Waals surface area contributed by atoms with Crippen molar-refractivity contribution in [1.29, 1.82) is 0 Å². The van der Waals surface area contributed by atoms with Crippen LogP contribution in [0.3, 0.4) is 0 Å². The average Bonchev–Trinajstić information content (AvgIpc) is 2.53. The fourth-order valence-electron chi connectivity index (χ4n) is 2.50. The fourth-order valence-corrected chi connectivity index (χ4v) is 2.50. The van der Waals surface area contributed by atoms with Gasteiger partial charge < -0.3 is 19.8 Å². The third kappa shape index (κ3) is 3.10. The molecule has 0 fully saturated rings. The van der Waals surface area contributed by atoms with E-state index in [9.17, 15) is 14.4 Å². The highest BCUT2D eigenvalue weighted by Gasteiger charge is 2.24. The lowest BCUT2D eigenvalue weighted by atomic mass is 10.0. The van der Waals surface area contributed by atoms with E-state index in [0.717, 1.165) is 11.6 Å². The largest absolute Gasteiger partial charge is 0.493 e. The summed E-state index contributed by atoms with van der Waals surface area (Å²) in [7, 11) is 1.57. The minimum absolute atomic E-state index is 0.0878. The molecule has 1 aliphatic rings. The number of aromatic nitrogens is 2. The smallest absolute Gasteiger partial charge is 0.326 e. The third-order valence-electron chi connectivity index (χ3n) is 3.52. The highest BCUT2D eigenvalue weighted by atomic mass is 16.5. The van der Waals surface area contributed by atoms with Gasteiger partial charge in [0.25, 0.3) is 11.5 Å².